The summed E-state index contributed by atoms with van der Waals surface area (Å²) in [4.78, 5) is 11.9. The van der Waals surface area contributed by atoms with Gasteiger partial charge in [-0.2, -0.15) is 5.10 Å². The van der Waals surface area contributed by atoms with Crippen molar-refractivity contribution < 1.29 is 4.74 Å². The number of ether oxygens (including phenoxy) is 1. The minimum absolute atomic E-state index is 0.164. The Morgan fingerprint density at radius 2 is 2.16 bits per heavy atom. The summed E-state index contributed by atoms with van der Waals surface area (Å²) >= 11 is 0. The van der Waals surface area contributed by atoms with Gasteiger partial charge >= 0.3 is 5.69 Å². The molecule has 0 saturated heterocycles. The van der Waals surface area contributed by atoms with Crippen LogP contribution < -0.4 is 5.69 Å². The number of aromatic amines is 1. The molecule has 1 N–H and O–H groups in total. The zero-order valence-corrected chi connectivity index (χ0v) is 11.5. The van der Waals surface area contributed by atoms with Gasteiger partial charge in [0.25, 0.3) is 0 Å². The van der Waals surface area contributed by atoms with E-state index in [1.165, 1.54) is 0 Å². The summed E-state index contributed by atoms with van der Waals surface area (Å²) in [5.74, 6) is 0.651. The molecule has 0 bridgehead atoms. The molecular formula is C14H19N3O2. The summed E-state index contributed by atoms with van der Waals surface area (Å²) in [5.41, 5.74) is 2.07. The molecule has 102 valence electrons. The van der Waals surface area contributed by atoms with Crippen molar-refractivity contribution >= 4 is 0 Å². The lowest BCUT2D eigenvalue weighted by molar-refractivity contribution is 0.0893. The fraction of sp³-hybridized carbons (Fsp3) is 0.429. The lowest BCUT2D eigenvalue weighted by Gasteiger charge is -2.14. The first-order chi connectivity index (χ1) is 9.17. The van der Waals surface area contributed by atoms with Crippen LogP contribution in [0.2, 0.25) is 0 Å². The molecule has 5 heteroatoms. The zero-order chi connectivity index (χ0) is 13.8. The third kappa shape index (κ3) is 2.76. The first kappa shape index (κ1) is 13.5. The molecule has 1 aromatic heterocycles. The van der Waals surface area contributed by atoms with Gasteiger partial charge in [-0.3, -0.25) is 4.57 Å². The molecule has 5 nitrogen and oxygen atoms in total. The van der Waals surface area contributed by atoms with E-state index in [1.807, 2.05) is 38.1 Å². The predicted molar refractivity (Wildman–Crippen MR) is 73.2 cm³/mol. The first-order valence-corrected chi connectivity index (χ1v) is 6.39. The van der Waals surface area contributed by atoms with Crippen LogP contribution in [0.15, 0.2) is 29.1 Å². The largest absolute Gasteiger partial charge is 0.373 e. The summed E-state index contributed by atoms with van der Waals surface area (Å²) in [6, 6.07) is 8.02. The van der Waals surface area contributed by atoms with Crippen molar-refractivity contribution in [2.45, 2.75) is 32.9 Å². The minimum Gasteiger partial charge on any atom is -0.373 e. The molecule has 2 rings (SSSR count). The van der Waals surface area contributed by atoms with Crippen molar-refractivity contribution in [3.63, 3.8) is 0 Å². The van der Waals surface area contributed by atoms with Gasteiger partial charge in [-0.1, -0.05) is 31.2 Å². The standard InChI is InChI=1S/C14H19N3O2/c1-4-12(19-3)13-15-16-14(18)17(13)9-11-8-6-5-7-10(11)2/h5-8,12H,4,9H2,1-3H3,(H,16,18). The molecule has 0 fully saturated rings. The third-order valence-corrected chi connectivity index (χ3v) is 3.32. The molecule has 0 saturated carbocycles. The summed E-state index contributed by atoms with van der Waals surface area (Å²) in [5, 5.41) is 6.59. The van der Waals surface area contributed by atoms with E-state index in [-0.39, 0.29) is 11.8 Å². The highest BCUT2D eigenvalue weighted by molar-refractivity contribution is 5.26. The van der Waals surface area contributed by atoms with Gasteiger partial charge in [-0.25, -0.2) is 9.89 Å². The summed E-state index contributed by atoms with van der Waals surface area (Å²) in [6.45, 7) is 4.55. The number of nitrogens with zero attached hydrogens (tertiary/aromatic N) is 2. The Kier molecular flexibility index (Phi) is 4.16. The van der Waals surface area contributed by atoms with Crippen molar-refractivity contribution in [3.8, 4) is 0 Å². The van der Waals surface area contributed by atoms with Gasteiger partial charge in [0.2, 0.25) is 0 Å². The van der Waals surface area contributed by atoms with Gasteiger partial charge in [0.15, 0.2) is 5.82 Å². The van der Waals surface area contributed by atoms with E-state index in [9.17, 15) is 4.79 Å². The van der Waals surface area contributed by atoms with Crippen molar-refractivity contribution in [1.82, 2.24) is 14.8 Å². The van der Waals surface area contributed by atoms with Crippen LogP contribution >= 0.6 is 0 Å². The van der Waals surface area contributed by atoms with Gasteiger partial charge in [0, 0.05) is 7.11 Å². The number of H-pyrrole nitrogens is 1. The molecule has 1 unspecified atom stereocenters. The molecule has 0 radical (unpaired) electrons. The maximum atomic E-state index is 11.9. The van der Waals surface area contributed by atoms with E-state index in [4.69, 9.17) is 4.74 Å². The first-order valence-electron chi connectivity index (χ1n) is 6.39. The van der Waals surface area contributed by atoms with Crippen LogP contribution in [0.3, 0.4) is 0 Å². The van der Waals surface area contributed by atoms with Gasteiger partial charge in [-0.15, -0.1) is 0 Å². The normalized spacial score (nSPS) is 12.6. The molecular weight excluding hydrogens is 242 g/mol. The van der Waals surface area contributed by atoms with Gasteiger partial charge in [0.05, 0.1) is 6.54 Å². The molecule has 0 amide bonds. The quantitative estimate of drug-likeness (QED) is 0.895. The summed E-state index contributed by atoms with van der Waals surface area (Å²) in [7, 11) is 1.63. The Morgan fingerprint density at radius 3 is 2.79 bits per heavy atom. The van der Waals surface area contributed by atoms with Crippen LogP contribution in [-0.4, -0.2) is 21.9 Å². The van der Waals surface area contributed by atoms with Crippen LogP contribution in [0.25, 0.3) is 0 Å². The van der Waals surface area contributed by atoms with E-state index in [0.717, 1.165) is 17.5 Å². The van der Waals surface area contributed by atoms with Crippen LogP contribution in [0.1, 0.15) is 36.4 Å². The van der Waals surface area contributed by atoms with Crippen molar-refractivity contribution in [2.24, 2.45) is 0 Å². The van der Waals surface area contributed by atoms with E-state index < -0.39 is 0 Å². The van der Waals surface area contributed by atoms with Crippen LogP contribution in [-0.2, 0) is 11.3 Å². The Morgan fingerprint density at radius 1 is 1.42 bits per heavy atom. The highest BCUT2D eigenvalue weighted by Gasteiger charge is 2.18. The molecule has 1 aromatic carbocycles. The molecule has 2 aromatic rings. The van der Waals surface area contributed by atoms with Gasteiger partial charge < -0.3 is 4.74 Å². The maximum Gasteiger partial charge on any atom is 0.343 e. The van der Waals surface area contributed by atoms with Crippen LogP contribution in [0.4, 0.5) is 0 Å². The highest BCUT2D eigenvalue weighted by atomic mass is 16.5. The SMILES string of the molecule is CCC(OC)c1n[nH]c(=O)n1Cc1ccccc1C. The molecule has 0 aliphatic rings. The van der Waals surface area contributed by atoms with Gasteiger partial charge in [-0.05, 0) is 24.5 Å². The Labute approximate surface area is 112 Å². The van der Waals surface area contributed by atoms with Crippen LogP contribution in [0, 0.1) is 6.92 Å². The minimum atomic E-state index is -0.200. The summed E-state index contributed by atoms with van der Waals surface area (Å²) in [6.07, 6.45) is 0.608. The zero-order valence-electron chi connectivity index (χ0n) is 11.5. The Bertz CT molecular complexity index is 597. The van der Waals surface area contributed by atoms with Crippen molar-refractivity contribution in [1.29, 1.82) is 0 Å². The number of aromatic nitrogens is 3. The number of hydrogen-bond donors (Lipinski definition) is 1. The topological polar surface area (TPSA) is 59.9 Å². The van der Waals surface area contributed by atoms with Crippen molar-refractivity contribution in [2.75, 3.05) is 7.11 Å². The number of benzene rings is 1. The van der Waals surface area contributed by atoms with E-state index in [1.54, 1.807) is 11.7 Å². The lowest BCUT2D eigenvalue weighted by atomic mass is 10.1. The molecule has 19 heavy (non-hydrogen) atoms. The van der Waals surface area contributed by atoms with E-state index >= 15 is 0 Å². The Hall–Kier alpha value is -1.88. The average molecular weight is 261 g/mol. The number of hydrogen-bond acceptors (Lipinski definition) is 3. The third-order valence-electron chi connectivity index (χ3n) is 3.32. The molecule has 0 aliphatic carbocycles. The second-order valence-electron chi connectivity index (χ2n) is 4.53. The monoisotopic (exact) mass is 261 g/mol. The maximum absolute atomic E-state index is 11.9. The summed E-state index contributed by atoms with van der Waals surface area (Å²) < 4.78 is 7.00. The van der Waals surface area contributed by atoms with E-state index in [0.29, 0.717) is 12.4 Å². The molecule has 1 heterocycles. The predicted octanol–water partition coefficient (Wildman–Crippen LogP) is 2.03. The van der Waals surface area contributed by atoms with E-state index in [2.05, 4.69) is 10.2 Å². The molecule has 0 spiro atoms. The Balaban J connectivity index is 2.38. The second kappa shape index (κ2) is 5.84. The smallest absolute Gasteiger partial charge is 0.343 e. The number of methoxy groups -OCH3 is 1. The second-order valence-corrected chi connectivity index (χ2v) is 4.53. The highest BCUT2D eigenvalue weighted by Crippen LogP contribution is 2.18. The molecule has 0 aliphatic heterocycles. The lowest BCUT2D eigenvalue weighted by Crippen LogP contribution is -2.22. The number of aryl methyl sites for hydroxylation is 1. The fourth-order valence-corrected chi connectivity index (χ4v) is 2.14. The number of nitrogens with one attached hydrogen (secondary N) is 1. The van der Waals surface area contributed by atoms with Gasteiger partial charge in [0.1, 0.15) is 6.10 Å². The molecule has 1 atom stereocenters. The van der Waals surface area contributed by atoms with Crippen LogP contribution in [0.5, 0.6) is 0 Å². The number of rotatable bonds is 5. The fourth-order valence-electron chi connectivity index (χ4n) is 2.14. The van der Waals surface area contributed by atoms with Crippen molar-refractivity contribution in [3.05, 3.63) is 51.7 Å². The average Bonchev–Trinajstić information content (AvgIpc) is 2.76.